The van der Waals surface area contributed by atoms with E-state index >= 15 is 0 Å². The van der Waals surface area contributed by atoms with Crippen LogP contribution in [0.5, 0.6) is 0 Å². The zero-order valence-corrected chi connectivity index (χ0v) is 16.1. The summed E-state index contributed by atoms with van der Waals surface area (Å²) < 4.78 is 19.2. The third kappa shape index (κ3) is 3.35. The van der Waals surface area contributed by atoms with Crippen molar-refractivity contribution < 1.29 is 19.1 Å². The molecule has 8 heteroatoms. The van der Waals surface area contributed by atoms with Gasteiger partial charge in [-0.2, -0.15) is 8.75 Å². The van der Waals surface area contributed by atoms with E-state index in [4.69, 9.17) is 9.47 Å². The third-order valence-electron chi connectivity index (χ3n) is 5.32. The molecule has 2 atom stereocenters. The van der Waals surface area contributed by atoms with Gasteiger partial charge in [0.15, 0.2) is 0 Å². The molecule has 27 heavy (non-hydrogen) atoms. The molecule has 2 aliphatic rings. The van der Waals surface area contributed by atoms with Crippen molar-refractivity contribution in [1.29, 1.82) is 0 Å². The van der Waals surface area contributed by atoms with Gasteiger partial charge in [0, 0.05) is 24.6 Å². The molecule has 7 nitrogen and oxygen atoms in total. The first-order valence-electron chi connectivity index (χ1n) is 9.01. The van der Waals surface area contributed by atoms with E-state index in [1.165, 1.54) is 7.11 Å². The van der Waals surface area contributed by atoms with Crippen LogP contribution in [-0.4, -0.2) is 51.9 Å². The van der Waals surface area contributed by atoms with Crippen molar-refractivity contribution in [2.75, 3.05) is 20.3 Å². The molecule has 0 saturated carbocycles. The van der Waals surface area contributed by atoms with Crippen LogP contribution in [0.4, 0.5) is 0 Å². The van der Waals surface area contributed by atoms with E-state index in [2.05, 4.69) is 8.75 Å². The van der Waals surface area contributed by atoms with Crippen LogP contribution in [0.3, 0.4) is 0 Å². The second-order valence-electron chi connectivity index (χ2n) is 6.90. The first-order valence-corrected chi connectivity index (χ1v) is 9.74. The number of carbonyl (C=O) groups is 2. The van der Waals surface area contributed by atoms with Crippen LogP contribution in [0.2, 0.25) is 0 Å². The second kappa shape index (κ2) is 7.36. The van der Waals surface area contributed by atoms with Crippen LogP contribution in [0.15, 0.2) is 29.5 Å². The third-order valence-corrected chi connectivity index (χ3v) is 5.88. The minimum atomic E-state index is -0.404. The van der Waals surface area contributed by atoms with Gasteiger partial charge >= 0.3 is 5.97 Å². The fourth-order valence-corrected chi connectivity index (χ4v) is 4.42. The molecule has 1 aromatic carbocycles. The highest BCUT2D eigenvalue weighted by atomic mass is 32.1. The van der Waals surface area contributed by atoms with Gasteiger partial charge < -0.3 is 14.4 Å². The lowest BCUT2D eigenvalue weighted by Gasteiger charge is -2.35. The van der Waals surface area contributed by atoms with E-state index in [1.54, 1.807) is 4.90 Å². The van der Waals surface area contributed by atoms with Gasteiger partial charge in [-0.25, -0.2) is 4.79 Å². The van der Waals surface area contributed by atoms with Crippen LogP contribution in [0.25, 0.3) is 11.0 Å². The molecular weight excluding hydrogens is 366 g/mol. The SMILES string of the molecule is COC(=O)C1=C(C)N(C[C@H]2CCCO2)C(=O)C[C@@H]1c1ccc2nsnc2c1. The molecular formula is C19H21N3O4S. The number of hydrogen-bond acceptors (Lipinski definition) is 7. The average Bonchev–Trinajstić information content (AvgIpc) is 3.35. The van der Waals surface area contributed by atoms with E-state index in [1.807, 2.05) is 25.1 Å². The summed E-state index contributed by atoms with van der Waals surface area (Å²) in [6, 6.07) is 5.69. The molecule has 0 aliphatic carbocycles. The largest absolute Gasteiger partial charge is 0.466 e. The topological polar surface area (TPSA) is 81.6 Å². The van der Waals surface area contributed by atoms with Crippen molar-refractivity contribution in [3.8, 4) is 0 Å². The summed E-state index contributed by atoms with van der Waals surface area (Å²) in [5.74, 6) is -0.757. The highest BCUT2D eigenvalue weighted by molar-refractivity contribution is 7.00. The molecule has 2 aliphatic heterocycles. The minimum Gasteiger partial charge on any atom is -0.466 e. The second-order valence-corrected chi connectivity index (χ2v) is 7.43. The van der Waals surface area contributed by atoms with Crippen molar-refractivity contribution in [2.24, 2.45) is 0 Å². The van der Waals surface area contributed by atoms with Gasteiger partial charge in [0.2, 0.25) is 5.91 Å². The van der Waals surface area contributed by atoms with E-state index in [-0.39, 0.29) is 24.3 Å². The van der Waals surface area contributed by atoms with Crippen molar-refractivity contribution in [3.05, 3.63) is 35.0 Å². The van der Waals surface area contributed by atoms with Crippen LogP contribution >= 0.6 is 11.7 Å². The average molecular weight is 387 g/mol. The molecule has 0 unspecified atom stereocenters. The predicted octanol–water partition coefficient (Wildman–Crippen LogP) is 2.63. The van der Waals surface area contributed by atoms with E-state index in [0.717, 1.165) is 47.8 Å². The monoisotopic (exact) mass is 387 g/mol. The first kappa shape index (κ1) is 18.1. The van der Waals surface area contributed by atoms with E-state index in [9.17, 15) is 9.59 Å². The fraction of sp³-hybridized carbons (Fsp3) is 0.474. The Bertz CT molecular complexity index is 917. The Morgan fingerprint density at radius 1 is 1.37 bits per heavy atom. The molecule has 2 aromatic rings. The van der Waals surface area contributed by atoms with Crippen molar-refractivity contribution in [3.63, 3.8) is 0 Å². The fourth-order valence-electron chi connectivity index (χ4n) is 3.90. The van der Waals surface area contributed by atoms with Crippen molar-refractivity contribution in [2.45, 2.75) is 38.2 Å². The molecule has 4 rings (SSSR count). The number of ether oxygens (including phenoxy) is 2. The van der Waals surface area contributed by atoms with Crippen LogP contribution in [0.1, 0.15) is 37.7 Å². The summed E-state index contributed by atoms with van der Waals surface area (Å²) in [4.78, 5) is 27.2. The highest BCUT2D eigenvalue weighted by Crippen LogP contribution is 2.38. The predicted molar refractivity (Wildman–Crippen MR) is 100 cm³/mol. The van der Waals surface area contributed by atoms with Gasteiger partial charge in [-0.15, -0.1) is 0 Å². The molecule has 142 valence electrons. The Kier molecular flexibility index (Phi) is 4.92. The van der Waals surface area contributed by atoms with Gasteiger partial charge in [-0.3, -0.25) is 4.79 Å². The Morgan fingerprint density at radius 2 is 2.19 bits per heavy atom. The van der Waals surface area contributed by atoms with Crippen LogP contribution < -0.4 is 0 Å². The number of allylic oxidation sites excluding steroid dienone is 1. The number of carbonyl (C=O) groups excluding carboxylic acids is 2. The molecule has 1 saturated heterocycles. The number of methoxy groups -OCH3 is 1. The van der Waals surface area contributed by atoms with Gasteiger partial charge in [-0.05, 0) is 37.5 Å². The summed E-state index contributed by atoms with van der Waals surface area (Å²) in [5, 5.41) is 0. The Hall–Kier alpha value is -2.32. The molecule has 3 heterocycles. The lowest BCUT2D eigenvalue weighted by Crippen LogP contribution is -2.42. The molecule has 1 aromatic heterocycles. The number of esters is 1. The summed E-state index contributed by atoms with van der Waals surface area (Å²) in [7, 11) is 1.37. The molecule has 0 radical (unpaired) electrons. The maximum atomic E-state index is 12.9. The first-order chi connectivity index (χ1) is 13.1. The quantitative estimate of drug-likeness (QED) is 0.750. The molecule has 1 amide bonds. The summed E-state index contributed by atoms with van der Waals surface area (Å²) >= 11 is 1.15. The number of benzene rings is 1. The Labute approximate surface area is 161 Å². The number of rotatable bonds is 4. The normalized spacial score (nSPS) is 23.3. The smallest absolute Gasteiger partial charge is 0.336 e. The zero-order valence-electron chi connectivity index (χ0n) is 15.3. The van der Waals surface area contributed by atoms with Gasteiger partial charge in [0.05, 0.1) is 37.1 Å². The number of fused-ring (bicyclic) bond motifs is 1. The summed E-state index contributed by atoms with van der Waals surface area (Å²) in [5.41, 5.74) is 3.63. The standard InChI is InChI=1S/C19H21N3O4S/c1-11-18(19(24)25-2)14(12-5-6-15-16(8-12)21-27-20-15)9-17(23)22(11)10-13-4-3-7-26-13/h5-6,8,13-14H,3-4,7,9-10H2,1-2H3/t13-,14-/m1/s1. The maximum Gasteiger partial charge on any atom is 0.336 e. The zero-order chi connectivity index (χ0) is 19.0. The lowest BCUT2D eigenvalue weighted by molar-refractivity contribution is -0.138. The minimum absolute atomic E-state index is 0.00264. The number of nitrogens with zero attached hydrogens (tertiary/aromatic N) is 3. The number of hydrogen-bond donors (Lipinski definition) is 0. The Morgan fingerprint density at radius 3 is 2.93 bits per heavy atom. The molecule has 0 spiro atoms. The maximum absolute atomic E-state index is 12.9. The molecule has 1 fully saturated rings. The lowest BCUT2D eigenvalue weighted by atomic mass is 9.83. The van der Waals surface area contributed by atoms with Crippen LogP contribution in [-0.2, 0) is 19.1 Å². The van der Waals surface area contributed by atoms with Crippen molar-refractivity contribution in [1.82, 2.24) is 13.6 Å². The highest BCUT2D eigenvalue weighted by Gasteiger charge is 2.38. The summed E-state index contributed by atoms with van der Waals surface area (Å²) in [6.45, 7) is 3.02. The van der Waals surface area contributed by atoms with Gasteiger partial charge in [-0.1, -0.05) is 6.07 Å². The van der Waals surface area contributed by atoms with Crippen molar-refractivity contribution >= 4 is 34.6 Å². The molecule has 0 N–H and O–H groups in total. The van der Waals surface area contributed by atoms with E-state index < -0.39 is 5.97 Å². The van der Waals surface area contributed by atoms with Gasteiger partial charge in [0.25, 0.3) is 0 Å². The number of aromatic nitrogens is 2. The summed E-state index contributed by atoms with van der Waals surface area (Å²) in [6.07, 6.45) is 2.18. The van der Waals surface area contributed by atoms with E-state index in [0.29, 0.717) is 17.8 Å². The number of amides is 1. The van der Waals surface area contributed by atoms with Crippen LogP contribution in [0, 0.1) is 0 Å². The Balaban J connectivity index is 1.73. The van der Waals surface area contributed by atoms with Gasteiger partial charge in [0.1, 0.15) is 11.0 Å². The molecule has 0 bridgehead atoms.